The smallest absolute Gasteiger partial charge is 0.0250 e. The Bertz CT molecular complexity index is 250. The summed E-state index contributed by atoms with van der Waals surface area (Å²) in [5.41, 5.74) is 3.15. The normalized spacial score (nSPS) is 20.9. The summed E-state index contributed by atoms with van der Waals surface area (Å²) in [5, 5.41) is 0. The number of aryl methyl sites for hydroxylation is 1. The van der Waals surface area contributed by atoms with Gasteiger partial charge in [0.1, 0.15) is 0 Å². The third-order valence-electron chi connectivity index (χ3n) is 2.59. The lowest BCUT2D eigenvalue weighted by Crippen LogP contribution is -2.10. The maximum Gasteiger partial charge on any atom is -0.0250 e. The van der Waals surface area contributed by atoms with Crippen LogP contribution in [0.4, 0.5) is 0 Å². The van der Waals surface area contributed by atoms with Crippen LogP contribution in [0.2, 0.25) is 0 Å². The van der Waals surface area contributed by atoms with E-state index in [-0.39, 0.29) is 7.43 Å². The Morgan fingerprint density at radius 3 is 2.58 bits per heavy atom. The molecule has 0 heteroatoms. The van der Waals surface area contributed by atoms with Gasteiger partial charge in [-0.2, -0.15) is 0 Å². The second kappa shape index (κ2) is 3.75. The van der Waals surface area contributed by atoms with Gasteiger partial charge in [-0.15, -0.1) is 0 Å². The van der Waals surface area contributed by atoms with Crippen molar-refractivity contribution in [2.24, 2.45) is 5.92 Å². The van der Waals surface area contributed by atoms with Gasteiger partial charge in [0.2, 0.25) is 0 Å². The third kappa shape index (κ3) is 1.69. The molecule has 0 spiro atoms. The Morgan fingerprint density at radius 1 is 1.17 bits per heavy atom. The van der Waals surface area contributed by atoms with Crippen molar-refractivity contribution < 1.29 is 0 Å². The fraction of sp³-hybridized carbons (Fsp3) is 0.500. The van der Waals surface area contributed by atoms with Crippen LogP contribution in [0.15, 0.2) is 24.3 Å². The van der Waals surface area contributed by atoms with Gasteiger partial charge < -0.3 is 0 Å². The van der Waals surface area contributed by atoms with Crippen molar-refractivity contribution in [1.82, 2.24) is 0 Å². The van der Waals surface area contributed by atoms with Gasteiger partial charge in [0.05, 0.1) is 0 Å². The molecular formula is C12H18. The maximum atomic E-state index is 2.34. The van der Waals surface area contributed by atoms with Crippen LogP contribution < -0.4 is 0 Å². The number of benzene rings is 1. The first-order valence-corrected chi connectivity index (χ1v) is 4.43. The van der Waals surface area contributed by atoms with E-state index < -0.39 is 0 Å². The van der Waals surface area contributed by atoms with E-state index in [1.54, 1.807) is 11.1 Å². The molecule has 1 unspecified atom stereocenters. The fourth-order valence-corrected chi connectivity index (χ4v) is 1.88. The molecule has 0 aromatic heterocycles. The molecular weight excluding hydrogens is 144 g/mol. The Labute approximate surface area is 75.6 Å². The monoisotopic (exact) mass is 162 g/mol. The molecule has 0 radical (unpaired) electrons. The molecule has 0 aliphatic heterocycles. The zero-order valence-electron chi connectivity index (χ0n) is 7.01. The van der Waals surface area contributed by atoms with Crippen LogP contribution in [0.25, 0.3) is 0 Å². The number of hydrogen-bond acceptors (Lipinski definition) is 0. The lowest BCUT2D eigenvalue weighted by atomic mass is 9.85. The third-order valence-corrected chi connectivity index (χ3v) is 2.59. The number of hydrogen-bond donors (Lipinski definition) is 0. The first-order valence-electron chi connectivity index (χ1n) is 4.43. The highest BCUT2D eigenvalue weighted by Crippen LogP contribution is 2.24. The molecule has 0 amide bonds. The molecule has 0 bridgehead atoms. The zero-order valence-corrected chi connectivity index (χ0v) is 7.01. The Kier molecular flexibility index (Phi) is 2.91. The summed E-state index contributed by atoms with van der Waals surface area (Å²) in [6.45, 7) is 2.34. The average molecular weight is 162 g/mol. The lowest BCUT2D eigenvalue weighted by Gasteiger charge is -2.20. The van der Waals surface area contributed by atoms with E-state index in [4.69, 9.17) is 0 Å². The second-order valence-corrected chi connectivity index (χ2v) is 3.62. The van der Waals surface area contributed by atoms with E-state index >= 15 is 0 Å². The predicted molar refractivity (Wildman–Crippen MR) is 54.4 cm³/mol. The van der Waals surface area contributed by atoms with E-state index in [1.807, 2.05) is 0 Å². The van der Waals surface area contributed by atoms with E-state index in [9.17, 15) is 0 Å². The Hall–Kier alpha value is -0.780. The fourth-order valence-electron chi connectivity index (χ4n) is 1.88. The molecule has 0 saturated carbocycles. The highest BCUT2D eigenvalue weighted by atomic mass is 14.2. The molecule has 0 saturated heterocycles. The molecule has 0 fully saturated rings. The molecule has 12 heavy (non-hydrogen) atoms. The summed E-state index contributed by atoms with van der Waals surface area (Å²) in [7, 11) is 0. The average Bonchev–Trinajstić information content (AvgIpc) is 2.04. The molecule has 1 aromatic rings. The molecule has 1 atom stereocenters. The molecule has 0 nitrogen and oxygen atoms in total. The molecule has 1 aromatic carbocycles. The first kappa shape index (κ1) is 9.31. The minimum absolute atomic E-state index is 0. The van der Waals surface area contributed by atoms with Crippen LogP contribution in [-0.4, -0.2) is 0 Å². The summed E-state index contributed by atoms with van der Waals surface area (Å²) in [4.78, 5) is 0. The minimum atomic E-state index is 0. The van der Waals surface area contributed by atoms with Crippen molar-refractivity contribution in [2.45, 2.75) is 33.6 Å². The van der Waals surface area contributed by atoms with Crippen LogP contribution >= 0.6 is 0 Å². The SMILES string of the molecule is C.CC1CCc2ccccc2C1. The largest absolute Gasteiger partial charge is 0.0776 e. The van der Waals surface area contributed by atoms with Crippen molar-refractivity contribution in [2.75, 3.05) is 0 Å². The van der Waals surface area contributed by atoms with Crippen molar-refractivity contribution >= 4 is 0 Å². The van der Waals surface area contributed by atoms with Gasteiger partial charge in [-0.05, 0) is 36.3 Å². The summed E-state index contributed by atoms with van der Waals surface area (Å²) in [6.07, 6.45) is 3.95. The van der Waals surface area contributed by atoms with Crippen molar-refractivity contribution in [3.8, 4) is 0 Å². The lowest BCUT2D eigenvalue weighted by molar-refractivity contribution is 0.501. The van der Waals surface area contributed by atoms with Crippen LogP contribution in [0.1, 0.15) is 31.9 Å². The van der Waals surface area contributed by atoms with Gasteiger partial charge in [0.25, 0.3) is 0 Å². The van der Waals surface area contributed by atoms with Crippen LogP contribution in [0.5, 0.6) is 0 Å². The van der Waals surface area contributed by atoms with Gasteiger partial charge >= 0.3 is 0 Å². The molecule has 66 valence electrons. The number of fused-ring (bicyclic) bond motifs is 1. The Balaban J connectivity index is 0.000000720. The van der Waals surface area contributed by atoms with E-state index in [2.05, 4.69) is 31.2 Å². The summed E-state index contributed by atoms with van der Waals surface area (Å²) in [5.74, 6) is 0.893. The molecule has 2 rings (SSSR count). The van der Waals surface area contributed by atoms with E-state index in [1.165, 1.54) is 19.3 Å². The van der Waals surface area contributed by atoms with Crippen LogP contribution in [0, 0.1) is 5.92 Å². The molecule has 1 aliphatic rings. The van der Waals surface area contributed by atoms with Crippen LogP contribution in [0.3, 0.4) is 0 Å². The molecule has 0 N–H and O–H groups in total. The minimum Gasteiger partial charge on any atom is -0.0776 e. The summed E-state index contributed by atoms with van der Waals surface area (Å²) in [6, 6.07) is 8.83. The predicted octanol–water partition coefficient (Wildman–Crippen LogP) is 3.45. The second-order valence-electron chi connectivity index (χ2n) is 3.62. The van der Waals surface area contributed by atoms with E-state index in [0.29, 0.717) is 0 Å². The van der Waals surface area contributed by atoms with Gasteiger partial charge in [-0.1, -0.05) is 38.6 Å². The van der Waals surface area contributed by atoms with Gasteiger partial charge in [-0.3, -0.25) is 0 Å². The van der Waals surface area contributed by atoms with E-state index in [0.717, 1.165) is 5.92 Å². The van der Waals surface area contributed by atoms with Crippen molar-refractivity contribution in [3.63, 3.8) is 0 Å². The molecule has 1 aliphatic carbocycles. The summed E-state index contributed by atoms with van der Waals surface area (Å²) >= 11 is 0. The van der Waals surface area contributed by atoms with Gasteiger partial charge in [0.15, 0.2) is 0 Å². The standard InChI is InChI=1S/C11H14.CH4/c1-9-6-7-10-4-2-3-5-11(10)8-9;/h2-5,9H,6-8H2,1H3;1H4. The quantitative estimate of drug-likeness (QED) is 0.548. The van der Waals surface area contributed by atoms with Crippen LogP contribution in [-0.2, 0) is 12.8 Å². The first-order chi connectivity index (χ1) is 5.36. The van der Waals surface area contributed by atoms with Crippen molar-refractivity contribution in [3.05, 3.63) is 35.4 Å². The maximum absolute atomic E-state index is 2.34. The topological polar surface area (TPSA) is 0 Å². The van der Waals surface area contributed by atoms with Gasteiger partial charge in [0, 0.05) is 0 Å². The zero-order chi connectivity index (χ0) is 7.68. The summed E-state index contributed by atoms with van der Waals surface area (Å²) < 4.78 is 0. The van der Waals surface area contributed by atoms with Crippen molar-refractivity contribution in [1.29, 1.82) is 0 Å². The van der Waals surface area contributed by atoms with Gasteiger partial charge in [-0.25, -0.2) is 0 Å². The highest BCUT2D eigenvalue weighted by Gasteiger charge is 2.13. The molecule has 0 heterocycles. The number of rotatable bonds is 0. The Morgan fingerprint density at radius 2 is 1.83 bits per heavy atom. The highest BCUT2D eigenvalue weighted by molar-refractivity contribution is 5.29.